The summed E-state index contributed by atoms with van der Waals surface area (Å²) in [6, 6.07) is 13.9. The third-order valence-electron chi connectivity index (χ3n) is 4.05. The van der Waals surface area contributed by atoms with Gasteiger partial charge < -0.3 is 9.47 Å². The van der Waals surface area contributed by atoms with Gasteiger partial charge in [-0.2, -0.15) is 0 Å². The summed E-state index contributed by atoms with van der Waals surface area (Å²) in [5, 5.41) is 0. The third kappa shape index (κ3) is 5.48. The Kier molecular flexibility index (Phi) is 7.67. The second-order valence-corrected chi connectivity index (χ2v) is 5.84. The molecule has 0 aliphatic heterocycles. The maximum absolute atomic E-state index is 12.8. The molecule has 6 nitrogen and oxygen atoms in total. The van der Waals surface area contributed by atoms with Crippen LogP contribution in [0.2, 0.25) is 0 Å². The zero-order valence-corrected chi connectivity index (χ0v) is 15.5. The van der Waals surface area contributed by atoms with Crippen molar-refractivity contribution >= 4 is 17.7 Å². The lowest BCUT2D eigenvalue weighted by atomic mass is 9.83. The summed E-state index contributed by atoms with van der Waals surface area (Å²) in [4.78, 5) is 42.1. The molecular formula is C21H23NO5. The zero-order chi connectivity index (χ0) is 19.6. The van der Waals surface area contributed by atoms with Crippen LogP contribution in [0.25, 0.3) is 0 Å². The van der Waals surface area contributed by atoms with E-state index in [1.807, 2.05) is 6.07 Å². The van der Waals surface area contributed by atoms with Gasteiger partial charge >= 0.3 is 11.9 Å². The van der Waals surface area contributed by atoms with E-state index < -0.39 is 23.8 Å². The molecule has 0 radical (unpaired) electrons. The number of nitrogens with zero attached hydrogens (tertiary/aromatic N) is 1. The van der Waals surface area contributed by atoms with E-state index in [1.165, 1.54) is 0 Å². The quantitative estimate of drug-likeness (QED) is 0.384. The molecule has 1 aromatic carbocycles. The Morgan fingerprint density at radius 3 is 2.00 bits per heavy atom. The fourth-order valence-corrected chi connectivity index (χ4v) is 2.82. The largest absolute Gasteiger partial charge is 0.465 e. The number of ketones is 1. The van der Waals surface area contributed by atoms with Crippen LogP contribution in [0.15, 0.2) is 54.7 Å². The van der Waals surface area contributed by atoms with Gasteiger partial charge in [0.1, 0.15) is 0 Å². The summed E-state index contributed by atoms with van der Waals surface area (Å²) in [5.74, 6) is -3.66. The average molecular weight is 369 g/mol. The van der Waals surface area contributed by atoms with Gasteiger partial charge in [-0.05, 0) is 26.0 Å². The molecule has 0 N–H and O–H groups in total. The van der Waals surface area contributed by atoms with Gasteiger partial charge in [-0.1, -0.05) is 36.4 Å². The Balaban J connectivity index is 2.40. The fraction of sp³-hybridized carbons (Fsp3) is 0.333. The van der Waals surface area contributed by atoms with Crippen molar-refractivity contribution in [2.45, 2.75) is 26.2 Å². The van der Waals surface area contributed by atoms with Gasteiger partial charge in [0.25, 0.3) is 0 Å². The molecule has 6 heteroatoms. The normalized spacial score (nSPS) is 11.7. The monoisotopic (exact) mass is 369 g/mol. The predicted molar refractivity (Wildman–Crippen MR) is 99.1 cm³/mol. The van der Waals surface area contributed by atoms with Crippen molar-refractivity contribution in [3.05, 3.63) is 66.0 Å². The van der Waals surface area contributed by atoms with Crippen LogP contribution in [0.4, 0.5) is 0 Å². The number of rotatable bonds is 9. The molecule has 1 unspecified atom stereocenters. The van der Waals surface area contributed by atoms with E-state index in [-0.39, 0.29) is 25.4 Å². The van der Waals surface area contributed by atoms with Crippen molar-refractivity contribution in [2.24, 2.45) is 5.92 Å². The molecule has 0 saturated carbocycles. The lowest BCUT2D eigenvalue weighted by molar-refractivity contribution is -0.162. The molecule has 0 aliphatic rings. The number of carbonyl (C=O) groups is 3. The number of aromatic nitrogens is 1. The van der Waals surface area contributed by atoms with Crippen LogP contribution in [0.3, 0.4) is 0 Å². The van der Waals surface area contributed by atoms with E-state index in [1.54, 1.807) is 62.5 Å². The van der Waals surface area contributed by atoms with Gasteiger partial charge in [-0.15, -0.1) is 0 Å². The smallest absolute Gasteiger partial charge is 0.321 e. The minimum absolute atomic E-state index is 0.0661. The maximum atomic E-state index is 12.8. The first-order chi connectivity index (χ1) is 13.1. The maximum Gasteiger partial charge on any atom is 0.321 e. The van der Waals surface area contributed by atoms with E-state index in [2.05, 4.69) is 4.98 Å². The molecule has 27 heavy (non-hydrogen) atoms. The molecule has 2 rings (SSSR count). The Labute approximate surface area is 158 Å². The first-order valence-corrected chi connectivity index (χ1v) is 8.90. The van der Waals surface area contributed by atoms with E-state index in [4.69, 9.17) is 9.47 Å². The minimum Gasteiger partial charge on any atom is -0.465 e. The molecule has 2 aromatic rings. The molecule has 142 valence electrons. The van der Waals surface area contributed by atoms with E-state index in [9.17, 15) is 14.4 Å². The van der Waals surface area contributed by atoms with Crippen LogP contribution in [-0.4, -0.2) is 35.9 Å². The average Bonchev–Trinajstić information content (AvgIpc) is 2.69. The Bertz CT molecular complexity index is 743. The molecule has 0 bridgehead atoms. The van der Waals surface area contributed by atoms with Gasteiger partial charge in [0.2, 0.25) is 0 Å². The van der Waals surface area contributed by atoms with Gasteiger partial charge in [-0.3, -0.25) is 19.4 Å². The second kappa shape index (κ2) is 10.2. The summed E-state index contributed by atoms with van der Waals surface area (Å²) in [5.41, 5.74) is 0.970. The lowest BCUT2D eigenvalue weighted by Crippen LogP contribution is -2.35. The number of esters is 2. The van der Waals surface area contributed by atoms with E-state index in [0.29, 0.717) is 11.3 Å². The minimum atomic E-state index is -1.26. The SMILES string of the molecule is CCOC(=O)C(C(=O)OCC)C(CC(=O)c1ccccc1)c1ccccn1. The number of pyridine rings is 1. The molecule has 1 atom stereocenters. The molecule has 0 aliphatic carbocycles. The van der Waals surface area contributed by atoms with Crippen LogP contribution in [0, 0.1) is 5.92 Å². The molecular weight excluding hydrogens is 346 g/mol. The summed E-state index contributed by atoms with van der Waals surface area (Å²) in [7, 11) is 0. The zero-order valence-electron chi connectivity index (χ0n) is 15.5. The summed E-state index contributed by atoms with van der Waals surface area (Å²) < 4.78 is 10.2. The third-order valence-corrected chi connectivity index (χ3v) is 4.05. The van der Waals surface area contributed by atoms with Gasteiger partial charge in [0.05, 0.1) is 13.2 Å². The van der Waals surface area contributed by atoms with E-state index in [0.717, 1.165) is 0 Å². The number of hydrogen-bond acceptors (Lipinski definition) is 6. The van der Waals surface area contributed by atoms with Crippen LogP contribution in [-0.2, 0) is 19.1 Å². The Morgan fingerprint density at radius 2 is 1.48 bits per heavy atom. The number of hydrogen-bond donors (Lipinski definition) is 0. The van der Waals surface area contributed by atoms with Crippen molar-refractivity contribution in [3.8, 4) is 0 Å². The van der Waals surface area contributed by atoms with Gasteiger partial charge in [0.15, 0.2) is 11.7 Å². The predicted octanol–water partition coefficient (Wildman–Crippen LogP) is 3.18. The van der Waals surface area contributed by atoms with Crippen molar-refractivity contribution < 1.29 is 23.9 Å². The molecule has 0 amide bonds. The highest BCUT2D eigenvalue weighted by Crippen LogP contribution is 2.30. The molecule has 0 spiro atoms. The van der Waals surface area contributed by atoms with Crippen molar-refractivity contribution in [1.82, 2.24) is 4.98 Å². The number of benzene rings is 1. The van der Waals surface area contributed by atoms with Gasteiger partial charge in [0, 0.05) is 29.8 Å². The summed E-state index contributed by atoms with van der Waals surface area (Å²) in [6.07, 6.45) is 1.49. The number of Topliss-reactive ketones (excluding diaryl/α,β-unsaturated/α-hetero) is 1. The van der Waals surface area contributed by atoms with Crippen molar-refractivity contribution in [2.75, 3.05) is 13.2 Å². The first-order valence-electron chi connectivity index (χ1n) is 8.90. The summed E-state index contributed by atoms with van der Waals surface area (Å²) in [6.45, 7) is 3.56. The number of carbonyl (C=O) groups excluding carboxylic acids is 3. The van der Waals surface area contributed by atoms with Crippen LogP contribution in [0.5, 0.6) is 0 Å². The standard InChI is InChI=1S/C21H23NO5/c1-3-26-20(24)19(21(25)27-4-2)16(17-12-8-9-13-22-17)14-18(23)15-10-6-5-7-11-15/h5-13,16,19H,3-4,14H2,1-2H3. The van der Waals surface area contributed by atoms with Crippen molar-refractivity contribution in [3.63, 3.8) is 0 Å². The second-order valence-electron chi connectivity index (χ2n) is 5.84. The topological polar surface area (TPSA) is 82.6 Å². The van der Waals surface area contributed by atoms with Crippen LogP contribution in [0.1, 0.15) is 42.2 Å². The first kappa shape index (κ1) is 20.3. The van der Waals surface area contributed by atoms with Crippen LogP contribution >= 0.6 is 0 Å². The molecule has 0 saturated heterocycles. The number of ether oxygens (including phenoxy) is 2. The molecule has 1 aromatic heterocycles. The highest BCUT2D eigenvalue weighted by molar-refractivity contribution is 6.00. The summed E-state index contributed by atoms with van der Waals surface area (Å²) >= 11 is 0. The van der Waals surface area contributed by atoms with E-state index >= 15 is 0 Å². The van der Waals surface area contributed by atoms with Crippen LogP contribution < -0.4 is 0 Å². The molecule has 0 fully saturated rings. The lowest BCUT2D eigenvalue weighted by Gasteiger charge is -2.23. The highest BCUT2D eigenvalue weighted by Gasteiger charge is 2.40. The fourth-order valence-electron chi connectivity index (χ4n) is 2.82. The van der Waals surface area contributed by atoms with Gasteiger partial charge in [-0.25, -0.2) is 0 Å². The Hall–Kier alpha value is -3.02. The highest BCUT2D eigenvalue weighted by atomic mass is 16.6. The Morgan fingerprint density at radius 1 is 0.889 bits per heavy atom. The molecule has 1 heterocycles. The van der Waals surface area contributed by atoms with Crippen molar-refractivity contribution in [1.29, 1.82) is 0 Å².